The average Bonchev–Trinajstić information content (AvgIpc) is 2.66. The lowest BCUT2D eigenvalue weighted by Gasteiger charge is -2.20. The topological polar surface area (TPSA) is 88.8 Å². The smallest absolute Gasteiger partial charge is 0.287 e. The second-order valence-corrected chi connectivity index (χ2v) is 7.59. The van der Waals surface area contributed by atoms with Gasteiger partial charge in [-0.2, -0.15) is 4.39 Å². The number of H-pyrrole nitrogens is 1. The maximum atomic E-state index is 14.4. The van der Waals surface area contributed by atoms with Crippen LogP contribution in [0.3, 0.4) is 0 Å². The normalized spacial score (nSPS) is 11.4. The summed E-state index contributed by atoms with van der Waals surface area (Å²) in [6, 6.07) is 13.7. The van der Waals surface area contributed by atoms with Crippen LogP contribution in [0.1, 0.15) is 19.4 Å². The zero-order valence-electron chi connectivity index (χ0n) is 15.4. The molecule has 0 radical (unpaired) electrons. The van der Waals surface area contributed by atoms with Gasteiger partial charge in [0.2, 0.25) is 11.7 Å². The van der Waals surface area contributed by atoms with E-state index in [0.29, 0.717) is 22.6 Å². The summed E-state index contributed by atoms with van der Waals surface area (Å²) in [6.45, 7) is 3.49. The van der Waals surface area contributed by atoms with Gasteiger partial charge in [0.25, 0.3) is 5.56 Å². The maximum Gasteiger partial charge on any atom is 0.287 e. The van der Waals surface area contributed by atoms with Crippen LogP contribution in [0.4, 0.5) is 4.39 Å². The van der Waals surface area contributed by atoms with Crippen molar-refractivity contribution in [3.8, 4) is 22.6 Å². The summed E-state index contributed by atoms with van der Waals surface area (Å²) in [5.74, 6) is -1.24. The molecule has 0 saturated carbocycles. The fraction of sp³-hybridized carbons (Fsp3) is 0.190. The van der Waals surface area contributed by atoms with Gasteiger partial charge in [0.05, 0.1) is 5.02 Å². The van der Waals surface area contributed by atoms with Crippen molar-refractivity contribution in [3.63, 3.8) is 0 Å². The highest BCUT2D eigenvalue weighted by Crippen LogP contribution is 2.30. The Kier molecular flexibility index (Phi) is 5.34. The van der Waals surface area contributed by atoms with E-state index >= 15 is 0 Å². The Morgan fingerprint density at radius 2 is 1.89 bits per heavy atom. The first-order valence-electron chi connectivity index (χ1n) is 8.63. The number of benzene rings is 2. The van der Waals surface area contributed by atoms with Gasteiger partial charge in [-0.25, -0.2) is 4.98 Å². The van der Waals surface area contributed by atoms with Crippen molar-refractivity contribution in [1.29, 1.82) is 0 Å². The highest BCUT2D eigenvalue weighted by atomic mass is 35.5. The molecule has 0 unspecified atom stereocenters. The predicted octanol–water partition coefficient (Wildman–Crippen LogP) is 3.95. The number of halogens is 2. The largest absolute Gasteiger partial charge is 0.369 e. The van der Waals surface area contributed by atoms with E-state index < -0.39 is 22.7 Å². The van der Waals surface area contributed by atoms with Crippen LogP contribution in [0.15, 0.2) is 53.3 Å². The van der Waals surface area contributed by atoms with Crippen molar-refractivity contribution in [3.05, 3.63) is 75.3 Å². The van der Waals surface area contributed by atoms with Crippen molar-refractivity contribution in [2.24, 2.45) is 11.1 Å². The minimum Gasteiger partial charge on any atom is -0.369 e. The molecule has 0 aliphatic heterocycles. The summed E-state index contributed by atoms with van der Waals surface area (Å²) in [6.07, 6.45) is 0.378. The highest BCUT2D eigenvalue weighted by Gasteiger charge is 2.26. The van der Waals surface area contributed by atoms with Gasteiger partial charge in [-0.3, -0.25) is 9.59 Å². The van der Waals surface area contributed by atoms with Crippen LogP contribution in [0.5, 0.6) is 0 Å². The first-order chi connectivity index (χ1) is 13.2. The van der Waals surface area contributed by atoms with Gasteiger partial charge in [-0.1, -0.05) is 61.8 Å². The summed E-state index contributed by atoms with van der Waals surface area (Å²) in [5.41, 5.74) is 5.46. The number of carbonyl (C=O) groups is 1. The molecule has 3 rings (SSSR count). The molecule has 0 saturated heterocycles. The minimum atomic E-state index is -0.961. The molecule has 28 heavy (non-hydrogen) atoms. The van der Waals surface area contributed by atoms with E-state index in [1.807, 2.05) is 0 Å². The van der Waals surface area contributed by atoms with E-state index in [0.717, 1.165) is 5.56 Å². The number of nitrogens with one attached hydrogen (secondary N) is 1. The number of nitrogens with two attached hydrogens (primary N) is 1. The Labute approximate surface area is 166 Å². The molecule has 0 atom stereocenters. The SMILES string of the molecule is CC(C)(Cc1ccc(Cl)c(-c2nc(-c3ccccc3)c(F)c(=O)[nH]2)c1)C(N)=O. The standard InChI is InChI=1S/C21H19ClFN3O2/c1-21(2,20(24)28)11-12-8-9-15(22)14(10-12)18-25-17(16(23)19(27)26-18)13-6-4-3-5-7-13/h3-10H,11H2,1-2H3,(H2,24,28)(H,25,26,27). The number of amides is 1. The van der Waals surface area contributed by atoms with E-state index in [1.165, 1.54) is 0 Å². The second kappa shape index (κ2) is 7.56. The van der Waals surface area contributed by atoms with Crippen molar-refractivity contribution in [1.82, 2.24) is 9.97 Å². The van der Waals surface area contributed by atoms with Crippen molar-refractivity contribution < 1.29 is 9.18 Å². The first-order valence-corrected chi connectivity index (χ1v) is 9.01. The third kappa shape index (κ3) is 3.97. The molecular weight excluding hydrogens is 381 g/mol. The molecule has 0 aliphatic carbocycles. The lowest BCUT2D eigenvalue weighted by atomic mass is 9.85. The highest BCUT2D eigenvalue weighted by molar-refractivity contribution is 6.33. The molecule has 2 aromatic carbocycles. The summed E-state index contributed by atoms with van der Waals surface area (Å²) in [4.78, 5) is 30.5. The lowest BCUT2D eigenvalue weighted by Crippen LogP contribution is -2.33. The number of primary amides is 1. The van der Waals surface area contributed by atoms with Crippen LogP contribution in [0.2, 0.25) is 5.02 Å². The van der Waals surface area contributed by atoms with E-state index in [4.69, 9.17) is 17.3 Å². The Morgan fingerprint density at radius 1 is 1.21 bits per heavy atom. The first kappa shape index (κ1) is 19.8. The number of hydrogen-bond acceptors (Lipinski definition) is 3. The molecule has 5 nitrogen and oxygen atoms in total. The van der Waals surface area contributed by atoms with Crippen LogP contribution in [0.25, 0.3) is 22.6 Å². The third-order valence-electron chi connectivity index (χ3n) is 4.51. The third-order valence-corrected chi connectivity index (χ3v) is 4.84. The summed E-state index contributed by atoms with van der Waals surface area (Å²) in [5, 5.41) is 0.342. The fourth-order valence-electron chi connectivity index (χ4n) is 2.83. The Balaban J connectivity index is 2.11. The van der Waals surface area contributed by atoms with Gasteiger partial charge in [0.15, 0.2) is 0 Å². The maximum absolute atomic E-state index is 14.4. The van der Waals surface area contributed by atoms with Gasteiger partial charge in [0.1, 0.15) is 11.5 Å². The van der Waals surface area contributed by atoms with E-state index in [9.17, 15) is 14.0 Å². The number of carbonyl (C=O) groups excluding carboxylic acids is 1. The molecule has 144 valence electrons. The molecule has 0 bridgehead atoms. The minimum absolute atomic E-state index is 0.0571. The van der Waals surface area contributed by atoms with Crippen molar-refractivity contribution in [2.45, 2.75) is 20.3 Å². The Morgan fingerprint density at radius 3 is 2.54 bits per heavy atom. The molecule has 3 N–H and O–H groups in total. The number of aromatic amines is 1. The number of nitrogens with zero attached hydrogens (tertiary/aromatic N) is 1. The summed E-state index contributed by atoms with van der Waals surface area (Å²) >= 11 is 6.31. The Bertz CT molecular complexity index is 1090. The van der Waals surface area contributed by atoms with Crippen LogP contribution in [0, 0.1) is 11.2 Å². The van der Waals surface area contributed by atoms with Crippen LogP contribution < -0.4 is 11.3 Å². The number of rotatable bonds is 5. The van der Waals surface area contributed by atoms with Gasteiger partial charge in [0, 0.05) is 16.5 Å². The average molecular weight is 400 g/mol. The number of hydrogen-bond donors (Lipinski definition) is 2. The van der Waals surface area contributed by atoms with Gasteiger partial charge in [-0.15, -0.1) is 0 Å². The van der Waals surface area contributed by atoms with Crippen LogP contribution in [-0.4, -0.2) is 15.9 Å². The van der Waals surface area contributed by atoms with Gasteiger partial charge >= 0.3 is 0 Å². The molecule has 0 spiro atoms. The lowest BCUT2D eigenvalue weighted by molar-refractivity contribution is -0.125. The number of aromatic nitrogens is 2. The van der Waals surface area contributed by atoms with Gasteiger partial charge in [-0.05, 0) is 24.1 Å². The van der Waals surface area contributed by atoms with Crippen LogP contribution in [-0.2, 0) is 11.2 Å². The van der Waals surface area contributed by atoms with Gasteiger partial charge < -0.3 is 10.7 Å². The monoisotopic (exact) mass is 399 g/mol. The zero-order valence-corrected chi connectivity index (χ0v) is 16.2. The predicted molar refractivity (Wildman–Crippen MR) is 107 cm³/mol. The molecule has 1 amide bonds. The van der Waals surface area contributed by atoms with E-state index in [-0.39, 0.29) is 11.5 Å². The molecule has 0 fully saturated rings. The molecule has 3 aromatic rings. The molecule has 1 heterocycles. The van der Waals surface area contributed by atoms with E-state index in [2.05, 4.69) is 9.97 Å². The Hall–Kier alpha value is -2.99. The summed E-state index contributed by atoms with van der Waals surface area (Å²) < 4.78 is 14.4. The van der Waals surface area contributed by atoms with E-state index in [1.54, 1.807) is 62.4 Å². The fourth-order valence-corrected chi connectivity index (χ4v) is 3.04. The molecule has 0 aliphatic rings. The van der Waals surface area contributed by atoms with Crippen molar-refractivity contribution >= 4 is 17.5 Å². The van der Waals surface area contributed by atoms with Crippen molar-refractivity contribution in [2.75, 3.05) is 0 Å². The zero-order chi connectivity index (χ0) is 20.5. The second-order valence-electron chi connectivity index (χ2n) is 7.18. The molecule has 1 aromatic heterocycles. The molecule has 7 heteroatoms. The summed E-state index contributed by atoms with van der Waals surface area (Å²) in [7, 11) is 0. The molecular formula is C21H19ClFN3O2. The van der Waals surface area contributed by atoms with Crippen LogP contribution >= 0.6 is 11.6 Å². The quantitative estimate of drug-likeness (QED) is 0.680.